The Kier molecular flexibility index (Phi) is 6.05. The summed E-state index contributed by atoms with van der Waals surface area (Å²) in [6.45, 7) is 3.98. The molecule has 0 aliphatic carbocycles. The number of hydrogen-bond acceptors (Lipinski definition) is 3. The molecule has 0 heterocycles. The summed E-state index contributed by atoms with van der Waals surface area (Å²) >= 11 is 0. The van der Waals surface area contributed by atoms with E-state index in [0.29, 0.717) is 18.5 Å². The molecule has 0 aromatic heterocycles. The maximum atomic E-state index is 12.4. The van der Waals surface area contributed by atoms with Crippen LogP contribution < -0.4 is 10.1 Å². The second kappa shape index (κ2) is 7.54. The molecule has 108 valence electrons. The first-order valence-electron chi connectivity index (χ1n) is 6.98. The first-order chi connectivity index (χ1) is 9.61. The molecule has 0 fully saturated rings. The van der Waals surface area contributed by atoms with Crippen LogP contribution in [0.1, 0.15) is 39.5 Å². The van der Waals surface area contributed by atoms with Gasteiger partial charge in [0.25, 0.3) is 0 Å². The summed E-state index contributed by atoms with van der Waals surface area (Å²) in [6, 6.07) is 9.33. The normalized spacial score (nSPS) is 10.7. The van der Waals surface area contributed by atoms with Gasteiger partial charge in [-0.2, -0.15) is 5.26 Å². The summed E-state index contributed by atoms with van der Waals surface area (Å²) in [6.07, 6.45) is 2.78. The number of ether oxygens (including phenoxy) is 1. The van der Waals surface area contributed by atoms with E-state index < -0.39 is 5.41 Å². The van der Waals surface area contributed by atoms with Crippen LogP contribution in [0.5, 0.6) is 5.75 Å². The highest BCUT2D eigenvalue weighted by Gasteiger charge is 2.36. The van der Waals surface area contributed by atoms with E-state index in [1.54, 1.807) is 31.4 Å². The topological polar surface area (TPSA) is 62.1 Å². The molecule has 0 aliphatic heterocycles. The highest BCUT2D eigenvalue weighted by atomic mass is 16.5. The third-order valence-corrected chi connectivity index (χ3v) is 3.35. The molecule has 0 radical (unpaired) electrons. The Hall–Kier alpha value is -2.02. The Labute approximate surface area is 120 Å². The number of carbonyl (C=O) groups is 1. The number of amides is 1. The standard InChI is InChI=1S/C16H22N2O2/c1-4-10-16(12-17,11-5-2)15(19)18-13-6-8-14(20-3)9-7-13/h6-9H,4-5,10-11H2,1-3H3,(H,18,19). The molecule has 1 amide bonds. The summed E-state index contributed by atoms with van der Waals surface area (Å²) in [5.74, 6) is 0.519. The van der Waals surface area contributed by atoms with Crippen LogP contribution in [0.25, 0.3) is 0 Å². The highest BCUT2D eigenvalue weighted by Crippen LogP contribution is 2.31. The summed E-state index contributed by atoms with van der Waals surface area (Å²) in [5, 5.41) is 12.3. The van der Waals surface area contributed by atoms with Gasteiger partial charge < -0.3 is 10.1 Å². The van der Waals surface area contributed by atoms with Crippen molar-refractivity contribution in [2.24, 2.45) is 5.41 Å². The second-order valence-electron chi connectivity index (χ2n) is 4.88. The number of benzene rings is 1. The van der Waals surface area contributed by atoms with Crippen molar-refractivity contribution >= 4 is 11.6 Å². The van der Waals surface area contributed by atoms with Gasteiger partial charge >= 0.3 is 0 Å². The molecule has 1 aromatic rings. The molecule has 0 saturated carbocycles. The molecule has 0 spiro atoms. The molecule has 0 aliphatic rings. The quantitative estimate of drug-likeness (QED) is 0.823. The van der Waals surface area contributed by atoms with E-state index in [9.17, 15) is 10.1 Å². The van der Waals surface area contributed by atoms with E-state index in [-0.39, 0.29) is 5.91 Å². The number of rotatable bonds is 7. The molecule has 1 rings (SSSR count). The van der Waals surface area contributed by atoms with E-state index in [4.69, 9.17) is 4.74 Å². The highest BCUT2D eigenvalue weighted by molar-refractivity contribution is 5.97. The van der Waals surface area contributed by atoms with Crippen LogP contribution in [0.2, 0.25) is 0 Å². The first-order valence-corrected chi connectivity index (χ1v) is 6.98. The third-order valence-electron chi connectivity index (χ3n) is 3.35. The van der Waals surface area contributed by atoms with Crippen LogP contribution in [0, 0.1) is 16.7 Å². The van der Waals surface area contributed by atoms with Gasteiger partial charge in [0.1, 0.15) is 11.2 Å². The predicted octanol–water partition coefficient (Wildman–Crippen LogP) is 3.74. The van der Waals surface area contributed by atoms with E-state index >= 15 is 0 Å². The predicted molar refractivity (Wildman–Crippen MR) is 79.5 cm³/mol. The lowest BCUT2D eigenvalue weighted by Crippen LogP contribution is -2.35. The van der Waals surface area contributed by atoms with Gasteiger partial charge in [-0.15, -0.1) is 0 Å². The Balaban J connectivity index is 2.87. The van der Waals surface area contributed by atoms with Gasteiger partial charge in [0.2, 0.25) is 5.91 Å². The number of anilines is 1. The van der Waals surface area contributed by atoms with E-state index in [0.717, 1.165) is 18.6 Å². The second-order valence-corrected chi connectivity index (χ2v) is 4.88. The average Bonchev–Trinajstić information content (AvgIpc) is 2.47. The number of nitrogens with zero attached hydrogens (tertiary/aromatic N) is 1. The van der Waals surface area contributed by atoms with Gasteiger partial charge in [-0.05, 0) is 37.1 Å². The van der Waals surface area contributed by atoms with Gasteiger partial charge in [0.05, 0.1) is 13.2 Å². The Morgan fingerprint density at radius 3 is 2.20 bits per heavy atom. The van der Waals surface area contributed by atoms with Gasteiger partial charge in [-0.1, -0.05) is 26.7 Å². The fraction of sp³-hybridized carbons (Fsp3) is 0.500. The number of methoxy groups -OCH3 is 1. The van der Waals surface area contributed by atoms with Crippen molar-refractivity contribution in [2.45, 2.75) is 39.5 Å². The molecule has 0 unspecified atom stereocenters. The zero-order valence-electron chi connectivity index (χ0n) is 12.4. The summed E-state index contributed by atoms with van der Waals surface area (Å²) in [5.41, 5.74) is -0.244. The van der Waals surface area contributed by atoms with Crippen molar-refractivity contribution in [3.63, 3.8) is 0 Å². The summed E-state index contributed by atoms with van der Waals surface area (Å²) in [4.78, 5) is 12.4. The zero-order valence-corrected chi connectivity index (χ0v) is 12.4. The summed E-state index contributed by atoms with van der Waals surface area (Å²) < 4.78 is 5.07. The molecule has 0 saturated heterocycles. The SMILES string of the molecule is CCCC(C#N)(CCC)C(=O)Nc1ccc(OC)cc1. The number of nitriles is 1. The summed E-state index contributed by atoms with van der Waals surface area (Å²) in [7, 11) is 1.59. The maximum Gasteiger partial charge on any atom is 0.244 e. The largest absolute Gasteiger partial charge is 0.497 e. The average molecular weight is 274 g/mol. The molecule has 4 nitrogen and oxygen atoms in total. The first kappa shape index (κ1) is 16.0. The number of carbonyl (C=O) groups excluding carboxylic acids is 1. The lowest BCUT2D eigenvalue weighted by atomic mass is 9.79. The van der Waals surface area contributed by atoms with Gasteiger partial charge in [0.15, 0.2) is 0 Å². The van der Waals surface area contributed by atoms with Crippen LogP contribution >= 0.6 is 0 Å². The molecule has 1 N–H and O–H groups in total. The molecule has 1 aromatic carbocycles. The third kappa shape index (κ3) is 3.74. The van der Waals surface area contributed by atoms with Crippen molar-refractivity contribution in [3.8, 4) is 11.8 Å². The molecule has 20 heavy (non-hydrogen) atoms. The van der Waals surface area contributed by atoms with Crippen molar-refractivity contribution < 1.29 is 9.53 Å². The lowest BCUT2D eigenvalue weighted by molar-refractivity contribution is -0.123. The zero-order chi connectivity index (χ0) is 15.0. The lowest BCUT2D eigenvalue weighted by Gasteiger charge is -2.24. The Bertz CT molecular complexity index is 468. The van der Waals surface area contributed by atoms with E-state index in [1.807, 2.05) is 13.8 Å². The van der Waals surface area contributed by atoms with E-state index in [2.05, 4.69) is 11.4 Å². The monoisotopic (exact) mass is 274 g/mol. The maximum absolute atomic E-state index is 12.4. The number of hydrogen-bond donors (Lipinski definition) is 1. The van der Waals surface area contributed by atoms with Crippen LogP contribution in [0.3, 0.4) is 0 Å². The molecule has 4 heteroatoms. The smallest absolute Gasteiger partial charge is 0.244 e. The van der Waals surface area contributed by atoms with Crippen molar-refractivity contribution in [2.75, 3.05) is 12.4 Å². The Morgan fingerprint density at radius 2 is 1.80 bits per heavy atom. The molecular formula is C16H22N2O2. The van der Waals surface area contributed by atoms with Crippen LogP contribution in [0.4, 0.5) is 5.69 Å². The van der Waals surface area contributed by atoms with Crippen molar-refractivity contribution in [3.05, 3.63) is 24.3 Å². The van der Waals surface area contributed by atoms with Crippen LogP contribution in [-0.4, -0.2) is 13.0 Å². The van der Waals surface area contributed by atoms with Gasteiger partial charge in [-0.25, -0.2) is 0 Å². The van der Waals surface area contributed by atoms with E-state index in [1.165, 1.54) is 0 Å². The van der Waals surface area contributed by atoms with Gasteiger partial charge in [-0.3, -0.25) is 4.79 Å². The fourth-order valence-corrected chi connectivity index (χ4v) is 2.29. The molecule has 0 atom stereocenters. The van der Waals surface area contributed by atoms with Crippen molar-refractivity contribution in [1.82, 2.24) is 0 Å². The minimum absolute atomic E-state index is 0.214. The van der Waals surface area contributed by atoms with Crippen LogP contribution in [-0.2, 0) is 4.79 Å². The van der Waals surface area contributed by atoms with Crippen LogP contribution in [0.15, 0.2) is 24.3 Å². The molecule has 0 bridgehead atoms. The van der Waals surface area contributed by atoms with Gasteiger partial charge in [0, 0.05) is 5.69 Å². The fourth-order valence-electron chi connectivity index (χ4n) is 2.29. The van der Waals surface area contributed by atoms with Crippen molar-refractivity contribution in [1.29, 1.82) is 5.26 Å². The number of nitrogens with one attached hydrogen (secondary N) is 1. The molecular weight excluding hydrogens is 252 g/mol. The minimum atomic E-state index is -0.927. The Morgan fingerprint density at radius 1 is 1.25 bits per heavy atom. The minimum Gasteiger partial charge on any atom is -0.497 e.